The van der Waals surface area contributed by atoms with Gasteiger partial charge in [0.25, 0.3) is 0 Å². The molecule has 2 aliphatic rings. The van der Waals surface area contributed by atoms with Crippen molar-refractivity contribution < 1.29 is 10.2 Å². The van der Waals surface area contributed by atoms with E-state index in [1.165, 1.54) is 6.42 Å². The summed E-state index contributed by atoms with van der Waals surface area (Å²) in [7, 11) is 0. The van der Waals surface area contributed by atoms with Crippen LogP contribution in [0.3, 0.4) is 0 Å². The molecular weight excluding hydrogens is 152 g/mol. The predicted molar refractivity (Wildman–Crippen MR) is 46.6 cm³/mol. The first-order valence-corrected chi connectivity index (χ1v) is 4.83. The molecular formula is C10H18O2. The average Bonchev–Trinajstić information content (AvgIpc) is 2.36. The van der Waals surface area contributed by atoms with Crippen molar-refractivity contribution in [2.75, 3.05) is 6.61 Å². The van der Waals surface area contributed by atoms with E-state index >= 15 is 0 Å². The summed E-state index contributed by atoms with van der Waals surface area (Å²) in [4.78, 5) is 0. The van der Waals surface area contributed by atoms with E-state index in [4.69, 9.17) is 0 Å². The lowest BCUT2D eigenvalue weighted by molar-refractivity contribution is -0.0446. The van der Waals surface area contributed by atoms with E-state index in [0.717, 1.165) is 12.8 Å². The Bertz CT molecular complexity index is 200. The fourth-order valence-electron chi connectivity index (χ4n) is 3.41. The lowest BCUT2D eigenvalue weighted by atomic mass is 9.69. The topological polar surface area (TPSA) is 40.5 Å². The Morgan fingerprint density at radius 1 is 1.42 bits per heavy atom. The molecule has 2 bridgehead atoms. The highest BCUT2D eigenvalue weighted by atomic mass is 16.3. The van der Waals surface area contributed by atoms with Crippen LogP contribution >= 0.6 is 0 Å². The van der Waals surface area contributed by atoms with E-state index in [1.54, 1.807) is 0 Å². The summed E-state index contributed by atoms with van der Waals surface area (Å²) in [6, 6.07) is 0. The Hall–Kier alpha value is -0.0800. The van der Waals surface area contributed by atoms with Gasteiger partial charge in [-0.3, -0.25) is 0 Å². The molecule has 0 amide bonds. The third-order valence-corrected chi connectivity index (χ3v) is 4.67. The Kier molecular flexibility index (Phi) is 1.59. The summed E-state index contributed by atoms with van der Waals surface area (Å²) in [5.74, 6) is 0.625. The van der Waals surface area contributed by atoms with Crippen LogP contribution in [0.1, 0.15) is 33.1 Å². The van der Waals surface area contributed by atoms with E-state index in [1.807, 2.05) is 0 Å². The molecule has 0 spiro atoms. The van der Waals surface area contributed by atoms with Crippen LogP contribution in [0.25, 0.3) is 0 Å². The van der Waals surface area contributed by atoms with Crippen LogP contribution in [0.4, 0.5) is 0 Å². The molecule has 0 unspecified atom stereocenters. The van der Waals surface area contributed by atoms with E-state index < -0.39 is 0 Å². The Labute approximate surface area is 73.6 Å². The first kappa shape index (κ1) is 8.52. The highest BCUT2D eigenvalue weighted by Gasteiger charge is 2.63. The predicted octanol–water partition coefficient (Wildman–Crippen LogP) is 1.17. The summed E-state index contributed by atoms with van der Waals surface area (Å²) in [6.45, 7) is 4.53. The molecule has 2 fully saturated rings. The third-order valence-electron chi connectivity index (χ3n) is 4.67. The number of aliphatic hydroxyl groups is 2. The van der Waals surface area contributed by atoms with Gasteiger partial charge in [0.15, 0.2) is 0 Å². The molecule has 12 heavy (non-hydrogen) atoms. The normalized spacial score (nSPS) is 50.0. The van der Waals surface area contributed by atoms with Crippen molar-refractivity contribution in [3.05, 3.63) is 0 Å². The SMILES string of the molecule is CC1(C)[C@@H]2CC[C@@]1(CO)[C@H](O)C2. The van der Waals surface area contributed by atoms with Gasteiger partial charge in [-0.1, -0.05) is 13.8 Å². The second kappa shape index (κ2) is 2.24. The zero-order valence-corrected chi connectivity index (χ0v) is 7.88. The zero-order chi connectivity index (χ0) is 8.98. The van der Waals surface area contributed by atoms with Gasteiger partial charge in [-0.25, -0.2) is 0 Å². The van der Waals surface area contributed by atoms with Crippen molar-refractivity contribution in [2.45, 2.75) is 39.2 Å². The van der Waals surface area contributed by atoms with E-state index in [-0.39, 0.29) is 23.5 Å². The van der Waals surface area contributed by atoms with Gasteiger partial charge in [-0.05, 0) is 30.6 Å². The van der Waals surface area contributed by atoms with Gasteiger partial charge in [0.1, 0.15) is 0 Å². The summed E-state index contributed by atoms with van der Waals surface area (Å²) in [5.41, 5.74) is -0.0428. The lowest BCUT2D eigenvalue weighted by Gasteiger charge is -2.38. The summed E-state index contributed by atoms with van der Waals surface area (Å²) in [5, 5.41) is 19.2. The molecule has 0 aromatic heterocycles. The standard InChI is InChI=1S/C10H18O2/c1-9(2)7-3-4-10(9,6-11)8(12)5-7/h7-8,11-12H,3-6H2,1-2H3/t7-,8-,10-/m1/s1. The fraction of sp³-hybridized carbons (Fsp3) is 1.00. The Balaban J connectivity index is 2.39. The molecule has 0 saturated heterocycles. The largest absolute Gasteiger partial charge is 0.396 e. The first-order valence-electron chi connectivity index (χ1n) is 4.83. The smallest absolute Gasteiger partial charge is 0.0626 e. The molecule has 2 heteroatoms. The van der Waals surface area contributed by atoms with Gasteiger partial charge >= 0.3 is 0 Å². The fourth-order valence-corrected chi connectivity index (χ4v) is 3.41. The third kappa shape index (κ3) is 0.686. The molecule has 3 atom stereocenters. The van der Waals surface area contributed by atoms with Gasteiger partial charge in [-0.2, -0.15) is 0 Å². The first-order chi connectivity index (χ1) is 5.54. The van der Waals surface area contributed by atoms with Crippen LogP contribution in [0.15, 0.2) is 0 Å². The van der Waals surface area contributed by atoms with Crippen LogP contribution in [-0.4, -0.2) is 22.9 Å². The molecule has 2 nitrogen and oxygen atoms in total. The Morgan fingerprint density at radius 2 is 2.08 bits per heavy atom. The maximum absolute atomic E-state index is 9.85. The number of hydrogen-bond donors (Lipinski definition) is 2. The molecule has 0 radical (unpaired) electrons. The highest BCUT2D eigenvalue weighted by Crippen LogP contribution is 2.65. The van der Waals surface area contributed by atoms with Crippen molar-refractivity contribution in [1.82, 2.24) is 0 Å². The number of rotatable bonds is 1. The highest BCUT2D eigenvalue weighted by molar-refractivity contribution is 5.12. The average molecular weight is 170 g/mol. The van der Waals surface area contributed by atoms with Gasteiger partial charge in [-0.15, -0.1) is 0 Å². The van der Waals surface area contributed by atoms with Gasteiger partial charge in [0.05, 0.1) is 12.7 Å². The minimum atomic E-state index is -0.267. The number of fused-ring (bicyclic) bond motifs is 2. The molecule has 0 aromatic carbocycles. The maximum Gasteiger partial charge on any atom is 0.0626 e. The minimum absolute atomic E-state index is 0.140. The molecule has 2 N–H and O–H groups in total. The van der Waals surface area contributed by atoms with Crippen LogP contribution in [0.2, 0.25) is 0 Å². The summed E-state index contributed by atoms with van der Waals surface area (Å²) >= 11 is 0. The quantitative estimate of drug-likeness (QED) is 0.620. The lowest BCUT2D eigenvalue weighted by Crippen LogP contribution is -2.41. The van der Waals surface area contributed by atoms with E-state index in [9.17, 15) is 10.2 Å². The molecule has 2 aliphatic carbocycles. The van der Waals surface area contributed by atoms with Crippen molar-refractivity contribution in [1.29, 1.82) is 0 Å². The molecule has 70 valence electrons. The number of hydrogen-bond acceptors (Lipinski definition) is 2. The second-order valence-corrected chi connectivity index (χ2v) is 5.02. The molecule has 0 aliphatic heterocycles. The van der Waals surface area contributed by atoms with E-state index in [0.29, 0.717) is 5.92 Å². The van der Waals surface area contributed by atoms with Crippen molar-refractivity contribution in [3.8, 4) is 0 Å². The van der Waals surface area contributed by atoms with Crippen LogP contribution < -0.4 is 0 Å². The monoisotopic (exact) mass is 170 g/mol. The van der Waals surface area contributed by atoms with Gasteiger partial charge in [0, 0.05) is 5.41 Å². The molecule has 0 heterocycles. The maximum atomic E-state index is 9.85. The van der Waals surface area contributed by atoms with Crippen LogP contribution in [-0.2, 0) is 0 Å². The Morgan fingerprint density at radius 3 is 2.33 bits per heavy atom. The summed E-state index contributed by atoms with van der Waals surface area (Å²) in [6.07, 6.45) is 2.82. The van der Waals surface area contributed by atoms with Gasteiger partial charge in [0.2, 0.25) is 0 Å². The second-order valence-electron chi connectivity index (χ2n) is 5.02. The van der Waals surface area contributed by atoms with Crippen LogP contribution in [0.5, 0.6) is 0 Å². The van der Waals surface area contributed by atoms with E-state index in [2.05, 4.69) is 13.8 Å². The molecule has 0 aromatic rings. The van der Waals surface area contributed by atoms with Crippen LogP contribution in [0, 0.1) is 16.7 Å². The molecule has 2 saturated carbocycles. The van der Waals surface area contributed by atoms with Crippen molar-refractivity contribution in [2.24, 2.45) is 16.7 Å². The van der Waals surface area contributed by atoms with Crippen molar-refractivity contribution in [3.63, 3.8) is 0 Å². The van der Waals surface area contributed by atoms with Gasteiger partial charge < -0.3 is 10.2 Å². The zero-order valence-electron chi connectivity index (χ0n) is 7.88. The van der Waals surface area contributed by atoms with Crippen molar-refractivity contribution >= 4 is 0 Å². The number of aliphatic hydroxyl groups excluding tert-OH is 2. The minimum Gasteiger partial charge on any atom is -0.396 e. The summed E-state index contributed by atoms with van der Waals surface area (Å²) < 4.78 is 0. The molecule has 2 rings (SSSR count).